The lowest BCUT2D eigenvalue weighted by molar-refractivity contribution is -0.0617. The van der Waals surface area contributed by atoms with Gasteiger partial charge in [0.25, 0.3) is 0 Å². The van der Waals surface area contributed by atoms with E-state index in [2.05, 4.69) is 49.8 Å². The zero-order valence-corrected chi connectivity index (χ0v) is 45.4. The molecule has 0 amide bonds. The third-order valence-corrected chi connectivity index (χ3v) is 16.8. The van der Waals surface area contributed by atoms with E-state index >= 15 is 0 Å². The third-order valence-electron chi connectivity index (χ3n) is 13.4. The van der Waals surface area contributed by atoms with Crippen molar-refractivity contribution >= 4 is 88.5 Å². The first-order valence-electron chi connectivity index (χ1n) is 24.3. The van der Waals surface area contributed by atoms with E-state index in [4.69, 9.17) is 73.5 Å². The Morgan fingerprint density at radius 3 is 1.32 bits per heavy atom. The van der Waals surface area contributed by atoms with Crippen LogP contribution in [-0.4, -0.2) is 168 Å². The van der Waals surface area contributed by atoms with Crippen LogP contribution in [0.25, 0.3) is 33.5 Å². The molecule has 0 aliphatic carbocycles. The quantitative estimate of drug-likeness (QED) is 0.0396. The molecule has 4 aliphatic rings. The highest BCUT2D eigenvalue weighted by Gasteiger charge is 2.49. The molecule has 16 atom stereocenters. The van der Waals surface area contributed by atoms with Crippen molar-refractivity contribution in [1.29, 1.82) is 0 Å². The molecule has 7 aromatic heterocycles. The lowest BCUT2D eigenvalue weighted by atomic mass is 10.2. The van der Waals surface area contributed by atoms with Gasteiger partial charge in [-0.2, -0.15) is 4.98 Å². The van der Waals surface area contributed by atoms with E-state index in [1.807, 2.05) is 0 Å². The lowest BCUT2D eigenvalue weighted by Crippen LogP contribution is -2.31. The second-order valence-corrected chi connectivity index (χ2v) is 23.5. The molecule has 0 aromatic carbocycles. The Hall–Kier alpha value is -6.12. The number of phosphoric acid groups is 3. The Balaban J connectivity index is 0.786. The van der Waals surface area contributed by atoms with Crippen molar-refractivity contribution in [2.75, 3.05) is 49.4 Å². The van der Waals surface area contributed by atoms with E-state index in [0.29, 0.717) is 11.2 Å². The number of anilines is 4. The largest absolute Gasteiger partial charge is 0.694 e. The molecule has 0 saturated carbocycles. The molecule has 43 heteroatoms. The van der Waals surface area contributed by atoms with E-state index in [9.17, 15) is 47.7 Å². The van der Waals surface area contributed by atoms with Crippen molar-refractivity contribution in [1.82, 2.24) is 68.1 Å². The van der Waals surface area contributed by atoms with Gasteiger partial charge in [-0.05, 0) is 6.07 Å². The van der Waals surface area contributed by atoms with Crippen LogP contribution >= 0.6 is 31.7 Å². The SMILES string of the molecule is Nc1ccn([C@H]2C[C@H](OP(=O)(O)OC[C@H]3O[C@@H](n4cnc5c(N)ncnc54)C[C@@H]3OP(=O)(O)OC[C@H]3O[C@@H](n4cnc5c(N)ncnc54)C[C@@H]3OP(=O)(O)OC[C@H]3O[C@@H](n4cnc5c(N)ncnc54)C[C@@H]3O)[C@@H](CO[P+](=O)O)O2)c(=O)n1. The molecular formula is C39H49N18O21P4+. The summed E-state index contributed by atoms with van der Waals surface area (Å²) in [7, 11) is -18.9. The Morgan fingerprint density at radius 1 is 0.549 bits per heavy atom. The number of aromatic nitrogens is 14. The predicted octanol–water partition coefficient (Wildman–Crippen LogP) is -0.224. The highest BCUT2D eigenvalue weighted by atomic mass is 31.2. The Labute approximate surface area is 458 Å². The van der Waals surface area contributed by atoms with Crippen molar-refractivity contribution in [2.24, 2.45) is 0 Å². The molecule has 440 valence electrons. The molecule has 4 unspecified atom stereocenters. The first-order chi connectivity index (χ1) is 39.1. The average molecular weight is 1230 g/mol. The Kier molecular flexibility index (Phi) is 16.3. The van der Waals surface area contributed by atoms with Crippen LogP contribution in [0.3, 0.4) is 0 Å². The topological polar surface area (TPSA) is 541 Å². The number of ether oxygens (including phenoxy) is 4. The van der Waals surface area contributed by atoms with E-state index < -0.39 is 138 Å². The minimum atomic E-state index is -5.33. The number of nitrogen functional groups attached to an aromatic ring is 4. The van der Waals surface area contributed by atoms with Crippen LogP contribution in [0.1, 0.15) is 50.6 Å². The second-order valence-electron chi connectivity index (χ2n) is 18.6. The maximum absolute atomic E-state index is 14.1. The van der Waals surface area contributed by atoms with Crippen molar-refractivity contribution < 1.29 is 93.6 Å². The van der Waals surface area contributed by atoms with Crippen molar-refractivity contribution in [3.63, 3.8) is 0 Å². The standard InChI is InChI=1S/C39H48N18O21P4/c40-25-1-2-54(39(59)53-25)27-4-18(22(73-27)7-68-79(60)61)76-81(64,65)70-9-24-20(6-29(75-24)57-16-52-32-35(43)46-13-49-38(32)57)78-82(66,67)71-10-23-19(5-28(74-23)56-15-51-31-34(42)45-12-48-37(31)56)77-80(62,63)69-8-21-17(58)3-26(72-21)55-14-50-30-33(41)44-11-47-36(30)55/h1-2,11-24,26-29,58H,3-10H2,(H11-,40,41,42,43,44,45,46,47,48,49,53,59,60,61,62,63,64,65,66,67)/p+1/t17-,18-,19-,20-,21+,22+,23+,24+,26+,27+,28+,29+/m0/s1. The molecular weight excluding hydrogens is 1180 g/mol. The first-order valence-corrected chi connectivity index (χ1v) is 29.9. The fraction of sp³-hybridized carbons (Fsp3) is 0.513. The summed E-state index contributed by atoms with van der Waals surface area (Å²) in [6, 6.07) is 1.29. The summed E-state index contributed by atoms with van der Waals surface area (Å²) in [5.41, 5.74) is 24.0. The second kappa shape index (κ2) is 23.1. The van der Waals surface area contributed by atoms with Crippen molar-refractivity contribution in [3.05, 3.63) is 60.7 Å². The molecule has 0 bridgehead atoms. The molecule has 4 aliphatic heterocycles. The number of imidazole rings is 3. The molecule has 13 N–H and O–H groups in total. The summed E-state index contributed by atoms with van der Waals surface area (Å²) < 4.78 is 120. The minimum absolute atomic E-state index is 0.00178. The Morgan fingerprint density at radius 2 is 0.915 bits per heavy atom. The third kappa shape index (κ3) is 12.4. The molecule has 7 aromatic rings. The van der Waals surface area contributed by atoms with Gasteiger partial charge in [-0.3, -0.25) is 45.4 Å². The van der Waals surface area contributed by atoms with Gasteiger partial charge in [0.15, 0.2) is 34.4 Å². The van der Waals surface area contributed by atoms with Gasteiger partial charge in [0, 0.05) is 36.4 Å². The van der Waals surface area contributed by atoms with Gasteiger partial charge in [-0.15, -0.1) is 9.42 Å². The highest BCUT2D eigenvalue weighted by molar-refractivity contribution is 7.48. The number of hydrogen-bond donors (Lipinski definition) is 9. The normalized spacial score (nSPS) is 29.2. The summed E-state index contributed by atoms with van der Waals surface area (Å²) in [5, 5.41) is 10.9. The maximum atomic E-state index is 14.1. The molecule has 4 saturated heterocycles. The average Bonchev–Trinajstić information content (AvgIpc) is 4.27. The van der Waals surface area contributed by atoms with E-state index in [1.165, 1.54) is 57.6 Å². The van der Waals surface area contributed by atoms with Gasteiger partial charge in [0.05, 0.1) is 44.9 Å². The van der Waals surface area contributed by atoms with E-state index in [1.54, 1.807) is 0 Å². The first kappa shape index (κ1) is 57.7. The van der Waals surface area contributed by atoms with Crippen LogP contribution in [0.4, 0.5) is 23.3 Å². The number of aliphatic hydroxyl groups excluding tert-OH is 1. The van der Waals surface area contributed by atoms with Crippen LogP contribution in [0, 0.1) is 0 Å². The fourth-order valence-electron chi connectivity index (χ4n) is 9.56. The van der Waals surface area contributed by atoms with Crippen LogP contribution in [-0.2, 0) is 68.9 Å². The van der Waals surface area contributed by atoms with Crippen LogP contribution < -0.4 is 28.6 Å². The molecule has 0 radical (unpaired) electrons. The Bertz CT molecular complexity index is 3730. The van der Waals surface area contributed by atoms with Gasteiger partial charge >= 0.3 is 37.4 Å². The lowest BCUT2D eigenvalue weighted by Gasteiger charge is -2.25. The molecule has 82 heavy (non-hydrogen) atoms. The number of nitrogens with two attached hydrogens (primary N) is 4. The van der Waals surface area contributed by atoms with E-state index in [-0.39, 0.29) is 71.3 Å². The smallest absolute Gasteiger partial charge is 0.390 e. The maximum Gasteiger partial charge on any atom is 0.694 e. The number of nitrogens with zero attached hydrogens (tertiary/aromatic N) is 14. The zero-order chi connectivity index (χ0) is 57.8. The van der Waals surface area contributed by atoms with Crippen LogP contribution in [0.5, 0.6) is 0 Å². The highest BCUT2D eigenvalue weighted by Crippen LogP contribution is 2.54. The summed E-state index contributed by atoms with van der Waals surface area (Å²) in [6.07, 6.45) is -7.49. The molecule has 11 rings (SSSR count). The summed E-state index contributed by atoms with van der Waals surface area (Å²) in [4.78, 5) is 96.3. The fourth-order valence-corrected chi connectivity index (χ4v) is 12.7. The molecule has 39 nitrogen and oxygen atoms in total. The van der Waals surface area contributed by atoms with Gasteiger partial charge in [0.1, 0.15) is 116 Å². The zero-order valence-electron chi connectivity index (χ0n) is 41.8. The summed E-state index contributed by atoms with van der Waals surface area (Å²) in [5.74, 6) is 0.0389. The van der Waals surface area contributed by atoms with Gasteiger partial charge in [-0.1, -0.05) is 0 Å². The van der Waals surface area contributed by atoms with Gasteiger partial charge < -0.3 is 61.7 Å². The summed E-state index contributed by atoms with van der Waals surface area (Å²) >= 11 is 0. The van der Waals surface area contributed by atoms with Crippen molar-refractivity contribution in [2.45, 2.75) is 99.4 Å². The number of aliphatic hydroxyl groups is 1. The monoisotopic (exact) mass is 1230 g/mol. The molecule has 4 fully saturated rings. The number of hydrogen-bond acceptors (Lipinski definition) is 31. The van der Waals surface area contributed by atoms with E-state index in [0.717, 1.165) is 10.9 Å². The minimum Gasteiger partial charge on any atom is -0.390 e. The number of phosphoric ester groups is 3. The van der Waals surface area contributed by atoms with Crippen molar-refractivity contribution in [3.8, 4) is 0 Å². The molecule has 0 spiro atoms. The van der Waals surface area contributed by atoms with Crippen LogP contribution in [0.15, 0.2) is 55.0 Å². The summed E-state index contributed by atoms with van der Waals surface area (Å²) in [6.45, 7) is -3.08. The van der Waals surface area contributed by atoms with Gasteiger partial charge in [-0.25, -0.2) is 63.3 Å². The molecule has 11 heterocycles. The van der Waals surface area contributed by atoms with Gasteiger partial charge in [0.2, 0.25) is 0 Å². The van der Waals surface area contributed by atoms with Crippen LogP contribution in [0.2, 0.25) is 0 Å². The number of rotatable bonds is 22. The predicted molar refractivity (Wildman–Crippen MR) is 270 cm³/mol. The number of fused-ring (bicyclic) bond motifs is 3.